The number of carboxylic acids is 1. The van der Waals surface area contributed by atoms with Crippen molar-refractivity contribution >= 4 is 5.97 Å². The van der Waals surface area contributed by atoms with E-state index in [0.29, 0.717) is 18.8 Å². The van der Waals surface area contributed by atoms with Gasteiger partial charge >= 0.3 is 5.97 Å². The first kappa shape index (κ1) is 16.6. The SMILES string of the molecule is CCOC(C)(OCC)c1ccc(C(C)(O)C(=O)O)cc1. The highest BCUT2D eigenvalue weighted by atomic mass is 16.7. The summed E-state index contributed by atoms with van der Waals surface area (Å²) in [5.74, 6) is -2.17. The van der Waals surface area contributed by atoms with Gasteiger partial charge in [-0.2, -0.15) is 0 Å². The summed E-state index contributed by atoms with van der Waals surface area (Å²) in [5.41, 5.74) is -0.832. The molecule has 0 aliphatic rings. The van der Waals surface area contributed by atoms with Crippen LogP contribution in [0.15, 0.2) is 24.3 Å². The van der Waals surface area contributed by atoms with E-state index >= 15 is 0 Å². The van der Waals surface area contributed by atoms with Crippen molar-refractivity contribution < 1.29 is 24.5 Å². The number of aliphatic carboxylic acids is 1. The molecule has 5 nitrogen and oxygen atoms in total. The molecule has 0 saturated heterocycles. The fourth-order valence-corrected chi connectivity index (χ4v) is 1.98. The van der Waals surface area contributed by atoms with E-state index in [0.717, 1.165) is 5.56 Å². The number of carbonyl (C=O) groups is 1. The highest BCUT2D eigenvalue weighted by molar-refractivity contribution is 5.78. The number of hydrogen-bond donors (Lipinski definition) is 2. The van der Waals surface area contributed by atoms with E-state index in [2.05, 4.69) is 0 Å². The normalized spacial score (nSPS) is 14.8. The Morgan fingerprint density at radius 3 is 1.80 bits per heavy atom. The van der Waals surface area contributed by atoms with Gasteiger partial charge in [-0.1, -0.05) is 24.3 Å². The van der Waals surface area contributed by atoms with Gasteiger partial charge in [0.2, 0.25) is 0 Å². The number of hydrogen-bond acceptors (Lipinski definition) is 4. The van der Waals surface area contributed by atoms with E-state index in [-0.39, 0.29) is 0 Å². The average molecular weight is 282 g/mol. The van der Waals surface area contributed by atoms with Crippen LogP contribution in [-0.2, 0) is 25.7 Å². The lowest BCUT2D eigenvalue weighted by molar-refractivity contribution is -0.229. The first-order chi connectivity index (χ1) is 9.28. The number of carboxylic acid groups (broad SMARTS) is 1. The van der Waals surface area contributed by atoms with E-state index in [1.807, 2.05) is 20.8 Å². The van der Waals surface area contributed by atoms with Gasteiger partial charge in [-0.3, -0.25) is 0 Å². The maximum absolute atomic E-state index is 11.0. The zero-order valence-electron chi connectivity index (χ0n) is 12.3. The van der Waals surface area contributed by atoms with Gasteiger partial charge in [0, 0.05) is 18.8 Å². The third-order valence-electron chi connectivity index (χ3n) is 3.23. The van der Waals surface area contributed by atoms with Crippen LogP contribution in [0.25, 0.3) is 0 Å². The summed E-state index contributed by atoms with van der Waals surface area (Å²) in [6.07, 6.45) is 0. The van der Waals surface area contributed by atoms with E-state index in [1.54, 1.807) is 24.3 Å². The molecule has 1 atom stereocenters. The molecule has 112 valence electrons. The molecule has 2 N–H and O–H groups in total. The van der Waals surface area contributed by atoms with Gasteiger partial charge in [0.1, 0.15) is 0 Å². The Morgan fingerprint density at radius 1 is 1.05 bits per heavy atom. The Labute approximate surface area is 119 Å². The maximum Gasteiger partial charge on any atom is 0.340 e. The van der Waals surface area contributed by atoms with E-state index in [4.69, 9.17) is 14.6 Å². The molecule has 0 aromatic heterocycles. The van der Waals surface area contributed by atoms with Crippen molar-refractivity contribution in [3.05, 3.63) is 35.4 Å². The molecular formula is C15H22O5. The zero-order valence-corrected chi connectivity index (χ0v) is 12.3. The minimum Gasteiger partial charge on any atom is -0.479 e. The minimum absolute atomic E-state index is 0.309. The second-order valence-electron chi connectivity index (χ2n) is 4.77. The molecule has 20 heavy (non-hydrogen) atoms. The van der Waals surface area contributed by atoms with Crippen molar-refractivity contribution in [2.75, 3.05) is 13.2 Å². The second kappa shape index (κ2) is 6.35. The topological polar surface area (TPSA) is 76.0 Å². The lowest BCUT2D eigenvalue weighted by Gasteiger charge is -2.30. The second-order valence-corrected chi connectivity index (χ2v) is 4.77. The van der Waals surface area contributed by atoms with Crippen LogP contribution in [0.3, 0.4) is 0 Å². The Kier molecular flexibility index (Phi) is 5.28. The third kappa shape index (κ3) is 3.36. The van der Waals surface area contributed by atoms with E-state index in [1.165, 1.54) is 6.92 Å². The highest BCUT2D eigenvalue weighted by Gasteiger charge is 2.33. The number of aliphatic hydroxyl groups is 1. The molecule has 0 heterocycles. The summed E-state index contributed by atoms with van der Waals surface area (Å²) >= 11 is 0. The van der Waals surface area contributed by atoms with E-state index < -0.39 is 17.4 Å². The zero-order chi connectivity index (χ0) is 15.4. The van der Waals surface area contributed by atoms with Crippen molar-refractivity contribution in [2.24, 2.45) is 0 Å². The van der Waals surface area contributed by atoms with Crippen LogP contribution in [-0.4, -0.2) is 29.4 Å². The summed E-state index contributed by atoms with van der Waals surface area (Å²) in [6.45, 7) is 7.79. The molecule has 1 rings (SSSR count). The molecule has 5 heteroatoms. The van der Waals surface area contributed by atoms with Crippen LogP contribution in [0, 0.1) is 0 Å². The quantitative estimate of drug-likeness (QED) is 0.750. The van der Waals surface area contributed by atoms with Gasteiger partial charge in [0.15, 0.2) is 11.4 Å². The van der Waals surface area contributed by atoms with Crippen LogP contribution in [0.4, 0.5) is 0 Å². The lowest BCUT2D eigenvalue weighted by Crippen LogP contribution is -2.33. The van der Waals surface area contributed by atoms with Crippen molar-refractivity contribution in [3.63, 3.8) is 0 Å². The van der Waals surface area contributed by atoms with Crippen LogP contribution in [0.5, 0.6) is 0 Å². The maximum atomic E-state index is 11.0. The Hall–Kier alpha value is -1.43. The van der Waals surface area contributed by atoms with Gasteiger partial charge < -0.3 is 19.7 Å². The molecule has 0 spiro atoms. The monoisotopic (exact) mass is 282 g/mol. The molecule has 0 aliphatic heterocycles. The molecule has 1 unspecified atom stereocenters. The Morgan fingerprint density at radius 2 is 1.45 bits per heavy atom. The molecule has 1 aromatic rings. The summed E-state index contributed by atoms with van der Waals surface area (Å²) in [4.78, 5) is 11.0. The summed E-state index contributed by atoms with van der Waals surface area (Å²) in [7, 11) is 0. The smallest absolute Gasteiger partial charge is 0.340 e. The standard InChI is InChI=1S/C15H22O5/c1-5-19-15(4,20-6-2)12-9-7-11(8-10-12)14(3,18)13(16)17/h7-10,18H,5-6H2,1-4H3,(H,16,17). The van der Waals surface area contributed by atoms with Crippen LogP contribution in [0.2, 0.25) is 0 Å². The molecule has 0 saturated carbocycles. The largest absolute Gasteiger partial charge is 0.479 e. The van der Waals surface area contributed by atoms with E-state index in [9.17, 15) is 9.90 Å². The first-order valence-electron chi connectivity index (χ1n) is 6.62. The van der Waals surface area contributed by atoms with Crippen molar-refractivity contribution in [1.82, 2.24) is 0 Å². The predicted octanol–water partition coefficient (Wildman–Crippen LogP) is 2.22. The summed E-state index contributed by atoms with van der Waals surface area (Å²) in [6, 6.07) is 6.55. The van der Waals surface area contributed by atoms with Gasteiger partial charge in [-0.05, 0) is 33.3 Å². The molecule has 0 bridgehead atoms. The summed E-state index contributed by atoms with van der Waals surface area (Å²) < 4.78 is 11.3. The molecule has 0 radical (unpaired) electrons. The molecule has 0 aliphatic carbocycles. The fraction of sp³-hybridized carbons (Fsp3) is 0.533. The molecule has 0 amide bonds. The number of ether oxygens (including phenoxy) is 2. The molecule has 1 aromatic carbocycles. The van der Waals surface area contributed by atoms with Crippen molar-refractivity contribution in [1.29, 1.82) is 0 Å². The van der Waals surface area contributed by atoms with Crippen molar-refractivity contribution in [3.8, 4) is 0 Å². The minimum atomic E-state index is -1.91. The lowest BCUT2D eigenvalue weighted by atomic mass is 9.94. The van der Waals surface area contributed by atoms with Crippen LogP contribution >= 0.6 is 0 Å². The highest BCUT2D eigenvalue weighted by Crippen LogP contribution is 2.29. The van der Waals surface area contributed by atoms with Gasteiger partial charge in [0.05, 0.1) is 0 Å². The Balaban J connectivity index is 3.09. The predicted molar refractivity (Wildman–Crippen MR) is 74.3 cm³/mol. The molecule has 0 fully saturated rings. The first-order valence-corrected chi connectivity index (χ1v) is 6.62. The van der Waals surface area contributed by atoms with Gasteiger partial charge in [0.25, 0.3) is 0 Å². The Bertz CT molecular complexity index is 444. The summed E-state index contributed by atoms with van der Waals surface area (Å²) in [5, 5.41) is 18.9. The van der Waals surface area contributed by atoms with Crippen LogP contribution in [0.1, 0.15) is 38.8 Å². The van der Waals surface area contributed by atoms with Crippen molar-refractivity contribution in [2.45, 2.75) is 39.1 Å². The van der Waals surface area contributed by atoms with Crippen LogP contribution < -0.4 is 0 Å². The molecular weight excluding hydrogens is 260 g/mol. The average Bonchev–Trinajstić information content (AvgIpc) is 2.39. The number of rotatable bonds is 7. The number of benzene rings is 1. The fourth-order valence-electron chi connectivity index (χ4n) is 1.98. The van der Waals surface area contributed by atoms with Gasteiger partial charge in [-0.15, -0.1) is 0 Å². The third-order valence-corrected chi connectivity index (χ3v) is 3.23. The van der Waals surface area contributed by atoms with Gasteiger partial charge in [-0.25, -0.2) is 4.79 Å².